The molecule has 0 saturated carbocycles. The number of ether oxygens (including phenoxy) is 2. The number of carbonyl (C=O) groups is 1. The standard InChI is InChI=1S/C6H9NO3/c1-9-6(8)5-4-10-3-2-7-5/h2-3,5,7H,4H2,1H3. The van der Waals surface area contributed by atoms with E-state index in [1.165, 1.54) is 13.4 Å². The van der Waals surface area contributed by atoms with Crippen LogP contribution in [0.1, 0.15) is 0 Å². The highest BCUT2D eigenvalue weighted by Crippen LogP contribution is 1.95. The van der Waals surface area contributed by atoms with Gasteiger partial charge in [-0.25, -0.2) is 4.79 Å². The molecule has 0 aliphatic carbocycles. The van der Waals surface area contributed by atoms with E-state index in [2.05, 4.69) is 10.1 Å². The summed E-state index contributed by atoms with van der Waals surface area (Å²) in [6.45, 7) is 0.336. The molecule has 0 bridgehead atoms. The Morgan fingerprint density at radius 2 is 2.70 bits per heavy atom. The third-order valence-electron chi connectivity index (χ3n) is 1.21. The Balaban J connectivity index is 2.41. The average molecular weight is 143 g/mol. The minimum Gasteiger partial charge on any atom is -0.497 e. The molecule has 1 N–H and O–H groups in total. The molecule has 0 spiro atoms. The van der Waals surface area contributed by atoms with Crippen LogP contribution in [-0.2, 0) is 14.3 Å². The van der Waals surface area contributed by atoms with Gasteiger partial charge in [0, 0.05) is 6.20 Å². The van der Waals surface area contributed by atoms with E-state index in [1.54, 1.807) is 6.20 Å². The Morgan fingerprint density at radius 1 is 1.90 bits per heavy atom. The third kappa shape index (κ3) is 1.40. The van der Waals surface area contributed by atoms with E-state index in [4.69, 9.17) is 4.74 Å². The summed E-state index contributed by atoms with van der Waals surface area (Å²) in [4.78, 5) is 10.8. The van der Waals surface area contributed by atoms with E-state index < -0.39 is 0 Å². The van der Waals surface area contributed by atoms with Gasteiger partial charge < -0.3 is 14.8 Å². The first-order valence-electron chi connectivity index (χ1n) is 2.95. The molecule has 1 rings (SSSR count). The Hall–Kier alpha value is -1.19. The molecule has 4 nitrogen and oxygen atoms in total. The van der Waals surface area contributed by atoms with Gasteiger partial charge in [-0.2, -0.15) is 0 Å². The number of methoxy groups -OCH3 is 1. The van der Waals surface area contributed by atoms with Crippen LogP contribution in [0.5, 0.6) is 0 Å². The van der Waals surface area contributed by atoms with Gasteiger partial charge in [-0.05, 0) is 0 Å². The van der Waals surface area contributed by atoms with Crippen molar-refractivity contribution in [3.63, 3.8) is 0 Å². The molecule has 0 saturated heterocycles. The second-order valence-electron chi connectivity index (χ2n) is 1.88. The van der Waals surface area contributed by atoms with Gasteiger partial charge in [0.15, 0.2) is 6.04 Å². The fourth-order valence-electron chi connectivity index (χ4n) is 0.682. The van der Waals surface area contributed by atoms with Crippen LogP contribution in [-0.4, -0.2) is 25.7 Å². The summed E-state index contributed by atoms with van der Waals surface area (Å²) in [7, 11) is 1.35. The number of carbonyl (C=O) groups excluding carboxylic acids is 1. The molecule has 0 aromatic heterocycles. The summed E-state index contributed by atoms with van der Waals surface area (Å²) < 4.78 is 9.34. The van der Waals surface area contributed by atoms with Gasteiger partial charge in [0.1, 0.15) is 6.61 Å². The van der Waals surface area contributed by atoms with Crippen LogP contribution in [0.2, 0.25) is 0 Å². The summed E-state index contributed by atoms with van der Waals surface area (Å²) in [6.07, 6.45) is 3.07. The normalized spacial score (nSPS) is 22.7. The fourth-order valence-corrected chi connectivity index (χ4v) is 0.682. The number of nitrogens with one attached hydrogen (secondary N) is 1. The summed E-state index contributed by atoms with van der Waals surface area (Å²) in [6, 6.07) is -0.352. The van der Waals surface area contributed by atoms with Crippen LogP contribution in [0.25, 0.3) is 0 Å². The van der Waals surface area contributed by atoms with Gasteiger partial charge in [0.05, 0.1) is 13.4 Å². The summed E-state index contributed by atoms with van der Waals surface area (Å²) >= 11 is 0. The third-order valence-corrected chi connectivity index (χ3v) is 1.21. The van der Waals surface area contributed by atoms with Gasteiger partial charge in [-0.1, -0.05) is 0 Å². The minimum absolute atomic E-state index is 0.302. The minimum atomic E-state index is -0.352. The first-order chi connectivity index (χ1) is 4.84. The lowest BCUT2D eigenvalue weighted by molar-refractivity contribution is -0.144. The highest BCUT2D eigenvalue weighted by atomic mass is 16.5. The van der Waals surface area contributed by atoms with Crippen molar-refractivity contribution in [1.29, 1.82) is 0 Å². The summed E-state index contributed by atoms with van der Waals surface area (Å²) in [5.74, 6) is -0.302. The molecule has 1 aliphatic heterocycles. The smallest absolute Gasteiger partial charge is 0.331 e. The molecule has 0 amide bonds. The van der Waals surface area contributed by atoms with Gasteiger partial charge in [0.2, 0.25) is 0 Å². The molecular weight excluding hydrogens is 134 g/mol. The molecular formula is C6H9NO3. The fraction of sp³-hybridized carbons (Fsp3) is 0.500. The zero-order chi connectivity index (χ0) is 7.40. The molecule has 1 atom stereocenters. The van der Waals surface area contributed by atoms with Crippen LogP contribution in [0.15, 0.2) is 12.5 Å². The molecule has 1 aliphatic rings. The lowest BCUT2D eigenvalue weighted by atomic mass is 10.3. The van der Waals surface area contributed by atoms with E-state index in [9.17, 15) is 4.79 Å². The van der Waals surface area contributed by atoms with Crippen LogP contribution in [0.3, 0.4) is 0 Å². The topological polar surface area (TPSA) is 47.6 Å². The molecule has 1 heterocycles. The van der Waals surface area contributed by atoms with Gasteiger partial charge >= 0.3 is 5.97 Å². The molecule has 0 aromatic carbocycles. The lowest BCUT2D eigenvalue weighted by Crippen LogP contribution is -2.40. The Kier molecular flexibility index (Phi) is 2.15. The van der Waals surface area contributed by atoms with Gasteiger partial charge in [-0.15, -0.1) is 0 Å². The largest absolute Gasteiger partial charge is 0.497 e. The van der Waals surface area contributed by atoms with Crippen LogP contribution >= 0.6 is 0 Å². The maximum Gasteiger partial charge on any atom is 0.331 e. The zero-order valence-electron chi connectivity index (χ0n) is 5.66. The predicted octanol–water partition coefficient (Wildman–Crippen LogP) is -0.381. The Bertz CT molecular complexity index is 155. The van der Waals surface area contributed by atoms with E-state index in [1.807, 2.05) is 0 Å². The van der Waals surface area contributed by atoms with Gasteiger partial charge in [-0.3, -0.25) is 0 Å². The van der Waals surface area contributed by atoms with E-state index in [0.717, 1.165) is 0 Å². The van der Waals surface area contributed by atoms with Crippen molar-refractivity contribution in [1.82, 2.24) is 5.32 Å². The first kappa shape index (κ1) is 6.92. The number of hydrogen-bond donors (Lipinski definition) is 1. The van der Waals surface area contributed by atoms with Crippen molar-refractivity contribution in [3.05, 3.63) is 12.5 Å². The SMILES string of the molecule is COC(=O)C1COC=CN1. The molecule has 0 radical (unpaired) electrons. The maximum atomic E-state index is 10.8. The van der Waals surface area contributed by atoms with Crippen molar-refractivity contribution in [2.45, 2.75) is 6.04 Å². The second kappa shape index (κ2) is 3.10. The maximum absolute atomic E-state index is 10.8. The highest BCUT2D eigenvalue weighted by molar-refractivity contribution is 5.76. The Morgan fingerprint density at radius 3 is 3.20 bits per heavy atom. The summed E-state index contributed by atoms with van der Waals surface area (Å²) in [5, 5.41) is 2.79. The van der Waals surface area contributed by atoms with Crippen LogP contribution in [0, 0.1) is 0 Å². The number of rotatable bonds is 1. The van der Waals surface area contributed by atoms with E-state index >= 15 is 0 Å². The van der Waals surface area contributed by atoms with E-state index in [-0.39, 0.29) is 12.0 Å². The first-order valence-corrected chi connectivity index (χ1v) is 2.95. The number of esters is 1. The quantitative estimate of drug-likeness (QED) is 0.508. The molecule has 10 heavy (non-hydrogen) atoms. The second-order valence-corrected chi connectivity index (χ2v) is 1.88. The molecule has 0 fully saturated rings. The van der Waals surface area contributed by atoms with Crippen molar-refractivity contribution in [2.75, 3.05) is 13.7 Å². The van der Waals surface area contributed by atoms with Crippen molar-refractivity contribution < 1.29 is 14.3 Å². The Labute approximate surface area is 58.8 Å². The van der Waals surface area contributed by atoms with E-state index in [0.29, 0.717) is 6.61 Å². The monoisotopic (exact) mass is 143 g/mol. The molecule has 56 valence electrons. The number of hydrogen-bond acceptors (Lipinski definition) is 4. The van der Waals surface area contributed by atoms with Crippen molar-refractivity contribution >= 4 is 5.97 Å². The summed E-state index contributed by atoms with van der Waals surface area (Å²) in [5.41, 5.74) is 0. The zero-order valence-corrected chi connectivity index (χ0v) is 5.66. The molecule has 0 aromatic rings. The van der Waals surface area contributed by atoms with Crippen molar-refractivity contribution in [3.8, 4) is 0 Å². The predicted molar refractivity (Wildman–Crippen MR) is 34.0 cm³/mol. The lowest BCUT2D eigenvalue weighted by Gasteiger charge is -2.17. The molecule has 4 heteroatoms. The molecule has 1 unspecified atom stereocenters. The van der Waals surface area contributed by atoms with Crippen LogP contribution in [0.4, 0.5) is 0 Å². The van der Waals surface area contributed by atoms with Crippen molar-refractivity contribution in [2.24, 2.45) is 0 Å². The van der Waals surface area contributed by atoms with Crippen LogP contribution < -0.4 is 5.32 Å². The average Bonchev–Trinajstić information content (AvgIpc) is 2.05. The highest BCUT2D eigenvalue weighted by Gasteiger charge is 2.19. The van der Waals surface area contributed by atoms with Gasteiger partial charge in [0.25, 0.3) is 0 Å².